The Bertz CT molecular complexity index is 126. The maximum Gasteiger partial charge on any atom is 0.217 e. The summed E-state index contributed by atoms with van der Waals surface area (Å²) in [6.45, 7) is 0. The molecular weight excluding hydrogens is 136 g/mol. The van der Waals surface area contributed by atoms with Crippen LogP contribution in [0.15, 0.2) is 0 Å². The Morgan fingerprint density at radius 3 is 2.70 bits per heavy atom. The van der Waals surface area contributed by atoms with Crippen molar-refractivity contribution in [3.8, 4) is 0 Å². The van der Waals surface area contributed by atoms with Crippen molar-refractivity contribution in [2.75, 3.05) is 0 Å². The van der Waals surface area contributed by atoms with Crippen LogP contribution in [-0.4, -0.2) is 23.4 Å². The van der Waals surface area contributed by atoms with E-state index in [1.807, 2.05) is 0 Å². The third-order valence-corrected chi connectivity index (χ3v) is 1.03. The van der Waals surface area contributed by atoms with Gasteiger partial charge >= 0.3 is 0 Å². The number of carbonyl (C=O) groups excluding carboxylic acids is 2. The van der Waals surface area contributed by atoms with Crippen LogP contribution in [0.5, 0.6) is 0 Å². The molecule has 0 heterocycles. The molecule has 0 unspecified atom stereocenters. The van der Waals surface area contributed by atoms with Crippen LogP contribution in [0.1, 0.15) is 12.8 Å². The maximum absolute atomic E-state index is 10.1. The number of hydroxylamine groups is 1. The maximum atomic E-state index is 10.1. The van der Waals surface area contributed by atoms with Crippen molar-refractivity contribution >= 4 is 12.2 Å². The molecule has 10 heavy (non-hydrogen) atoms. The van der Waals surface area contributed by atoms with Crippen LogP contribution in [0.3, 0.4) is 0 Å². The summed E-state index contributed by atoms with van der Waals surface area (Å²) in [6, 6.07) is -0.688. The first-order chi connectivity index (χ1) is 4.70. The summed E-state index contributed by atoms with van der Waals surface area (Å²) in [5.41, 5.74) is 6.52. The molecular formula is C5H10N2O3. The molecule has 0 rings (SSSR count). The number of aldehydes is 1. The lowest BCUT2D eigenvalue weighted by Gasteiger charge is -2.03. The zero-order valence-electron chi connectivity index (χ0n) is 5.41. The smallest absolute Gasteiger partial charge is 0.217 e. The molecule has 5 heteroatoms. The highest BCUT2D eigenvalue weighted by Crippen LogP contribution is 1.91. The average molecular weight is 146 g/mol. The molecule has 58 valence electrons. The highest BCUT2D eigenvalue weighted by molar-refractivity contribution is 5.74. The van der Waals surface area contributed by atoms with Crippen molar-refractivity contribution in [1.29, 1.82) is 0 Å². The minimum Gasteiger partial charge on any atom is -0.370 e. The van der Waals surface area contributed by atoms with Crippen LogP contribution < -0.4 is 11.2 Å². The molecule has 0 aromatic rings. The number of primary amides is 1. The van der Waals surface area contributed by atoms with Gasteiger partial charge in [0.2, 0.25) is 5.91 Å². The molecule has 1 atom stereocenters. The molecule has 0 radical (unpaired) electrons. The summed E-state index contributed by atoms with van der Waals surface area (Å²) in [7, 11) is 0. The zero-order valence-corrected chi connectivity index (χ0v) is 5.41. The van der Waals surface area contributed by atoms with Gasteiger partial charge in [-0.3, -0.25) is 4.79 Å². The van der Waals surface area contributed by atoms with E-state index >= 15 is 0 Å². The van der Waals surface area contributed by atoms with Crippen LogP contribution in [0.4, 0.5) is 0 Å². The first-order valence-electron chi connectivity index (χ1n) is 2.84. The van der Waals surface area contributed by atoms with E-state index in [4.69, 9.17) is 10.9 Å². The van der Waals surface area contributed by atoms with Crippen molar-refractivity contribution in [2.45, 2.75) is 18.9 Å². The molecule has 1 amide bonds. The van der Waals surface area contributed by atoms with E-state index in [-0.39, 0.29) is 12.8 Å². The molecule has 0 saturated heterocycles. The average Bonchev–Trinajstić information content (AvgIpc) is 1.90. The molecule has 0 fully saturated rings. The van der Waals surface area contributed by atoms with Crippen LogP contribution >= 0.6 is 0 Å². The van der Waals surface area contributed by atoms with Crippen LogP contribution in [-0.2, 0) is 9.59 Å². The molecule has 0 aliphatic heterocycles. The lowest BCUT2D eigenvalue weighted by atomic mass is 10.2. The third kappa shape index (κ3) is 3.99. The number of nitrogens with two attached hydrogens (primary N) is 1. The predicted octanol–water partition coefficient (Wildman–Crippen LogP) is -1.20. The fourth-order valence-corrected chi connectivity index (χ4v) is 0.461. The first kappa shape index (κ1) is 9.06. The van der Waals surface area contributed by atoms with Crippen LogP contribution in [0.25, 0.3) is 0 Å². The summed E-state index contributed by atoms with van der Waals surface area (Å²) >= 11 is 0. The number of rotatable bonds is 5. The van der Waals surface area contributed by atoms with Crippen LogP contribution in [0.2, 0.25) is 0 Å². The molecule has 0 aromatic carbocycles. The Labute approximate surface area is 58.2 Å². The van der Waals surface area contributed by atoms with Gasteiger partial charge in [-0.15, -0.1) is 0 Å². The highest BCUT2D eigenvalue weighted by atomic mass is 16.5. The predicted molar refractivity (Wildman–Crippen MR) is 33.2 cm³/mol. The number of nitrogens with one attached hydrogen (secondary N) is 1. The van der Waals surface area contributed by atoms with Gasteiger partial charge in [0, 0.05) is 6.42 Å². The number of amides is 1. The molecule has 0 saturated carbocycles. The minimum atomic E-state index is -0.688. The van der Waals surface area contributed by atoms with E-state index in [1.54, 1.807) is 5.48 Å². The zero-order chi connectivity index (χ0) is 7.98. The second-order valence-electron chi connectivity index (χ2n) is 1.88. The second kappa shape index (κ2) is 4.89. The van der Waals surface area contributed by atoms with Gasteiger partial charge in [0.05, 0.1) is 6.04 Å². The van der Waals surface area contributed by atoms with E-state index < -0.39 is 11.9 Å². The SMILES string of the molecule is NC(=O)CC[C@@H](C=O)NO. The van der Waals surface area contributed by atoms with E-state index in [0.29, 0.717) is 6.29 Å². The van der Waals surface area contributed by atoms with Crippen molar-refractivity contribution in [2.24, 2.45) is 5.73 Å². The topological polar surface area (TPSA) is 92.4 Å². The van der Waals surface area contributed by atoms with E-state index in [1.165, 1.54) is 0 Å². The van der Waals surface area contributed by atoms with Gasteiger partial charge in [0.1, 0.15) is 6.29 Å². The summed E-state index contributed by atoms with van der Waals surface area (Å²) in [5.74, 6) is -0.484. The standard InChI is InChI=1S/C5H10N2O3/c6-5(9)2-1-4(3-8)7-10/h3-4,7,10H,1-2H2,(H2,6,9)/t4-/m0/s1. The van der Waals surface area contributed by atoms with Crippen molar-refractivity contribution in [3.63, 3.8) is 0 Å². The monoisotopic (exact) mass is 146 g/mol. The molecule has 0 aliphatic rings. The molecule has 0 bridgehead atoms. The van der Waals surface area contributed by atoms with Gasteiger partial charge in [-0.05, 0) is 6.42 Å². The summed E-state index contributed by atoms with van der Waals surface area (Å²) in [4.78, 5) is 20.1. The second-order valence-corrected chi connectivity index (χ2v) is 1.88. The van der Waals surface area contributed by atoms with Crippen molar-refractivity contribution in [1.82, 2.24) is 5.48 Å². The third-order valence-electron chi connectivity index (χ3n) is 1.03. The van der Waals surface area contributed by atoms with E-state index in [0.717, 1.165) is 0 Å². The lowest BCUT2D eigenvalue weighted by molar-refractivity contribution is -0.118. The molecule has 4 N–H and O–H groups in total. The Kier molecular flexibility index (Phi) is 4.43. The fourth-order valence-electron chi connectivity index (χ4n) is 0.461. The summed E-state index contributed by atoms with van der Waals surface area (Å²) in [6.07, 6.45) is 0.842. The van der Waals surface area contributed by atoms with E-state index in [2.05, 4.69) is 0 Å². The van der Waals surface area contributed by atoms with Crippen molar-refractivity contribution in [3.05, 3.63) is 0 Å². The van der Waals surface area contributed by atoms with Gasteiger partial charge in [0.15, 0.2) is 0 Å². The molecule has 5 nitrogen and oxygen atoms in total. The van der Waals surface area contributed by atoms with Gasteiger partial charge in [-0.2, -0.15) is 5.48 Å². The molecule has 0 aromatic heterocycles. The number of hydrogen-bond donors (Lipinski definition) is 3. The highest BCUT2D eigenvalue weighted by Gasteiger charge is 2.05. The largest absolute Gasteiger partial charge is 0.370 e. The Morgan fingerprint density at radius 1 is 1.80 bits per heavy atom. The Balaban J connectivity index is 3.44. The summed E-state index contributed by atoms with van der Waals surface area (Å²) in [5, 5.41) is 8.21. The molecule has 0 aliphatic carbocycles. The number of hydrogen-bond acceptors (Lipinski definition) is 4. The Morgan fingerprint density at radius 2 is 2.40 bits per heavy atom. The normalized spacial score (nSPS) is 12.5. The quantitative estimate of drug-likeness (QED) is 0.335. The minimum absolute atomic E-state index is 0.0942. The lowest BCUT2D eigenvalue weighted by Crippen LogP contribution is -2.28. The van der Waals surface area contributed by atoms with Crippen molar-refractivity contribution < 1.29 is 14.8 Å². The Hall–Kier alpha value is -0.940. The van der Waals surface area contributed by atoms with Gasteiger partial charge < -0.3 is 15.7 Å². The molecule has 0 spiro atoms. The fraction of sp³-hybridized carbons (Fsp3) is 0.600. The first-order valence-corrected chi connectivity index (χ1v) is 2.84. The van der Waals surface area contributed by atoms with Crippen LogP contribution in [0, 0.1) is 0 Å². The number of carbonyl (C=O) groups is 2. The van der Waals surface area contributed by atoms with Gasteiger partial charge in [-0.1, -0.05) is 0 Å². The summed E-state index contributed by atoms with van der Waals surface area (Å²) < 4.78 is 0. The van der Waals surface area contributed by atoms with Gasteiger partial charge in [0.25, 0.3) is 0 Å². The van der Waals surface area contributed by atoms with E-state index in [9.17, 15) is 9.59 Å². The van der Waals surface area contributed by atoms with Gasteiger partial charge in [-0.25, -0.2) is 0 Å².